The summed E-state index contributed by atoms with van der Waals surface area (Å²) in [6, 6.07) is 11.7. The summed E-state index contributed by atoms with van der Waals surface area (Å²) in [5.41, 5.74) is 0.920. The van der Waals surface area contributed by atoms with Crippen LogP contribution in [-0.2, 0) is 11.3 Å². The lowest BCUT2D eigenvalue weighted by Crippen LogP contribution is -2.29. The van der Waals surface area contributed by atoms with E-state index in [1.807, 2.05) is 41.8 Å². The van der Waals surface area contributed by atoms with E-state index in [4.69, 9.17) is 0 Å². The molecule has 3 nitrogen and oxygen atoms in total. The summed E-state index contributed by atoms with van der Waals surface area (Å²) in [7, 11) is 0. The summed E-state index contributed by atoms with van der Waals surface area (Å²) >= 11 is 5.06. The van der Waals surface area contributed by atoms with Crippen molar-refractivity contribution in [2.24, 2.45) is 0 Å². The van der Waals surface area contributed by atoms with E-state index in [-0.39, 0.29) is 12.5 Å². The molecule has 18 heavy (non-hydrogen) atoms. The number of anilines is 1. The zero-order valence-electron chi connectivity index (χ0n) is 9.65. The number of halogens is 1. The Kier molecular flexibility index (Phi) is 4.78. The highest BCUT2D eigenvalue weighted by Gasteiger charge is 2.03. The number of hydrogen-bond donors (Lipinski definition) is 2. The van der Waals surface area contributed by atoms with Crippen LogP contribution in [0, 0.1) is 0 Å². The first-order valence-corrected chi connectivity index (χ1v) is 7.20. The Labute approximate surface area is 118 Å². The molecular weight excluding hydrogens is 312 g/mol. The number of rotatable bonds is 5. The van der Waals surface area contributed by atoms with Gasteiger partial charge < -0.3 is 10.6 Å². The van der Waals surface area contributed by atoms with Crippen molar-refractivity contribution in [1.82, 2.24) is 5.32 Å². The van der Waals surface area contributed by atoms with Crippen LogP contribution >= 0.6 is 27.3 Å². The molecule has 0 bridgehead atoms. The van der Waals surface area contributed by atoms with Gasteiger partial charge in [-0.3, -0.25) is 4.79 Å². The summed E-state index contributed by atoms with van der Waals surface area (Å²) in [5.74, 6) is -0.0147. The van der Waals surface area contributed by atoms with Crippen molar-refractivity contribution in [3.63, 3.8) is 0 Å². The number of carbonyl (C=O) groups is 1. The minimum absolute atomic E-state index is 0.0147. The Bertz CT molecular complexity index is 513. The maximum absolute atomic E-state index is 11.6. The van der Waals surface area contributed by atoms with Gasteiger partial charge in [0.25, 0.3) is 0 Å². The van der Waals surface area contributed by atoms with Gasteiger partial charge in [-0.2, -0.15) is 0 Å². The first-order valence-electron chi connectivity index (χ1n) is 5.53. The molecule has 0 atom stereocenters. The standard InChI is InChI=1S/C13H13BrN2OS/c14-11-5-1-2-6-12(11)15-9-13(17)16-8-10-4-3-7-18-10/h1-7,15H,8-9H2,(H,16,17). The molecule has 0 spiro atoms. The van der Waals surface area contributed by atoms with Crippen LogP contribution in [0.1, 0.15) is 4.88 Å². The molecule has 0 unspecified atom stereocenters. The quantitative estimate of drug-likeness (QED) is 0.886. The number of carbonyl (C=O) groups excluding carboxylic acids is 1. The lowest BCUT2D eigenvalue weighted by Gasteiger charge is -2.08. The van der Waals surface area contributed by atoms with E-state index in [0.717, 1.165) is 15.0 Å². The summed E-state index contributed by atoms with van der Waals surface area (Å²) in [6.07, 6.45) is 0. The van der Waals surface area contributed by atoms with Crippen molar-refractivity contribution in [3.8, 4) is 0 Å². The van der Waals surface area contributed by atoms with Crippen LogP contribution in [-0.4, -0.2) is 12.5 Å². The number of thiophene rings is 1. The van der Waals surface area contributed by atoms with Crippen LogP contribution in [0.3, 0.4) is 0 Å². The van der Waals surface area contributed by atoms with Gasteiger partial charge in [-0.05, 0) is 39.5 Å². The smallest absolute Gasteiger partial charge is 0.239 e. The largest absolute Gasteiger partial charge is 0.375 e. The summed E-state index contributed by atoms with van der Waals surface area (Å²) in [6.45, 7) is 0.863. The number of hydrogen-bond acceptors (Lipinski definition) is 3. The highest BCUT2D eigenvalue weighted by Crippen LogP contribution is 2.20. The van der Waals surface area contributed by atoms with Crippen molar-refractivity contribution in [3.05, 3.63) is 51.1 Å². The number of para-hydroxylation sites is 1. The average molecular weight is 325 g/mol. The molecule has 94 valence electrons. The van der Waals surface area contributed by atoms with Gasteiger partial charge in [0.05, 0.1) is 13.1 Å². The SMILES string of the molecule is O=C(CNc1ccccc1Br)NCc1cccs1. The molecule has 0 radical (unpaired) electrons. The molecule has 0 aliphatic carbocycles. The highest BCUT2D eigenvalue weighted by atomic mass is 79.9. The van der Waals surface area contributed by atoms with E-state index < -0.39 is 0 Å². The third-order valence-corrected chi connectivity index (χ3v) is 3.92. The molecule has 1 amide bonds. The second-order valence-electron chi connectivity index (χ2n) is 3.69. The minimum Gasteiger partial charge on any atom is -0.375 e. The molecule has 0 saturated heterocycles. The summed E-state index contributed by atoms with van der Waals surface area (Å²) < 4.78 is 0.955. The molecular formula is C13H13BrN2OS. The van der Waals surface area contributed by atoms with Gasteiger partial charge in [-0.1, -0.05) is 18.2 Å². The molecule has 5 heteroatoms. The van der Waals surface area contributed by atoms with E-state index >= 15 is 0 Å². The molecule has 1 aromatic heterocycles. The van der Waals surface area contributed by atoms with Gasteiger partial charge in [0, 0.05) is 15.0 Å². The summed E-state index contributed by atoms with van der Waals surface area (Å²) in [5, 5.41) is 7.96. The van der Waals surface area contributed by atoms with Gasteiger partial charge in [0.1, 0.15) is 0 Å². The lowest BCUT2D eigenvalue weighted by molar-refractivity contribution is -0.119. The van der Waals surface area contributed by atoms with Gasteiger partial charge in [-0.25, -0.2) is 0 Å². The number of benzene rings is 1. The molecule has 1 aromatic carbocycles. The lowest BCUT2D eigenvalue weighted by atomic mass is 10.3. The van der Waals surface area contributed by atoms with E-state index in [2.05, 4.69) is 26.6 Å². The first-order chi connectivity index (χ1) is 8.75. The van der Waals surface area contributed by atoms with Crippen molar-refractivity contribution in [2.45, 2.75) is 6.54 Å². The topological polar surface area (TPSA) is 41.1 Å². The molecule has 0 fully saturated rings. The zero-order valence-corrected chi connectivity index (χ0v) is 12.1. The molecule has 1 heterocycles. The van der Waals surface area contributed by atoms with Crippen LogP contribution in [0.5, 0.6) is 0 Å². The van der Waals surface area contributed by atoms with Crippen LogP contribution in [0.2, 0.25) is 0 Å². The van der Waals surface area contributed by atoms with E-state index in [1.165, 1.54) is 0 Å². The van der Waals surface area contributed by atoms with Crippen LogP contribution in [0.15, 0.2) is 46.3 Å². The summed E-state index contributed by atoms with van der Waals surface area (Å²) in [4.78, 5) is 12.8. The molecule has 2 N–H and O–H groups in total. The fraction of sp³-hybridized carbons (Fsp3) is 0.154. The fourth-order valence-corrected chi connectivity index (χ4v) is 2.51. The zero-order chi connectivity index (χ0) is 12.8. The Morgan fingerprint density at radius 3 is 2.78 bits per heavy atom. The third kappa shape index (κ3) is 3.85. The third-order valence-electron chi connectivity index (χ3n) is 2.35. The Balaban J connectivity index is 1.77. The van der Waals surface area contributed by atoms with Crippen LogP contribution < -0.4 is 10.6 Å². The Hall–Kier alpha value is -1.33. The monoisotopic (exact) mass is 324 g/mol. The van der Waals surface area contributed by atoms with Crippen LogP contribution in [0.25, 0.3) is 0 Å². The van der Waals surface area contributed by atoms with Crippen LogP contribution in [0.4, 0.5) is 5.69 Å². The second-order valence-corrected chi connectivity index (χ2v) is 5.58. The number of amides is 1. The van der Waals surface area contributed by atoms with Crippen molar-refractivity contribution < 1.29 is 4.79 Å². The predicted octanol–water partition coefficient (Wildman–Crippen LogP) is 3.24. The van der Waals surface area contributed by atoms with Gasteiger partial charge in [0.2, 0.25) is 5.91 Å². The Morgan fingerprint density at radius 1 is 1.22 bits per heavy atom. The number of nitrogens with one attached hydrogen (secondary N) is 2. The van der Waals surface area contributed by atoms with Crippen molar-refractivity contribution >= 4 is 38.9 Å². The normalized spacial score (nSPS) is 10.1. The molecule has 2 rings (SSSR count). The fourth-order valence-electron chi connectivity index (χ4n) is 1.44. The van der Waals surface area contributed by atoms with Gasteiger partial charge >= 0.3 is 0 Å². The highest BCUT2D eigenvalue weighted by molar-refractivity contribution is 9.10. The molecule has 0 aliphatic rings. The van der Waals surface area contributed by atoms with E-state index in [1.54, 1.807) is 11.3 Å². The first kappa shape index (κ1) is 13.1. The van der Waals surface area contributed by atoms with Gasteiger partial charge in [-0.15, -0.1) is 11.3 Å². The molecule has 0 saturated carbocycles. The average Bonchev–Trinajstić information content (AvgIpc) is 2.88. The van der Waals surface area contributed by atoms with E-state index in [9.17, 15) is 4.79 Å². The Morgan fingerprint density at radius 2 is 2.06 bits per heavy atom. The van der Waals surface area contributed by atoms with E-state index in [0.29, 0.717) is 6.54 Å². The predicted molar refractivity (Wildman–Crippen MR) is 78.8 cm³/mol. The second kappa shape index (κ2) is 6.56. The minimum atomic E-state index is -0.0147. The maximum Gasteiger partial charge on any atom is 0.239 e. The van der Waals surface area contributed by atoms with Gasteiger partial charge in [0.15, 0.2) is 0 Å². The van der Waals surface area contributed by atoms with Crippen molar-refractivity contribution in [2.75, 3.05) is 11.9 Å². The molecule has 0 aliphatic heterocycles. The molecule has 2 aromatic rings. The maximum atomic E-state index is 11.6. The van der Waals surface area contributed by atoms with Crippen molar-refractivity contribution in [1.29, 1.82) is 0 Å².